The predicted molar refractivity (Wildman–Crippen MR) is 86.0 cm³/mol. The number of hydrazine groups is 1. The third kappa shape index (κ3) is 3.32. The van der Waals surface area contributed by atoms with E-state index in [9.17, 15) is 4.79 Å². The zero-order valence-corrected chi connectivity index (χ0v) is 12.2. The molecule has 2 aromatic rings. The van der Waals surface area contributed by atoms with E-state index in [1.54, 1.807) is 17.4 Å². The highest BCUT2D eigenvalue weighted by atomic mass is 16.2. The fourth-order valence-electron chi connectivity index (χ4n) is 2.16. The van der Waals surface area contributed by atoms with Gasteiger partial charge < -0.3 is 5.32 Å². The first-order valence-electron chi connectivity index (χ1n) is 6.95. The van der Waals surface area contributed by atoms with Gasteiger partial charge in [-0.05, 0) is 30.7 Å². The van der Waals surface area contributed by atoms with Crippen LogP contribution in [0, 0.1) is 6.92 Å². The summed E-state index contributed by atoms with van der Waals surface area (Å²) in [5.41, 5.74) is 4.59. The molecule has 0 saturated heterocycles. The topological polar surface area (TPSA) is 56.7 Å². The largest absolute Gasteiger partial charge is 0.338 e. The molecule has 0 radical (unpaired) electrons. The second-order valence-electron chi connectivity index (χ2n) is 4.96. The first-order valence-corrected chi connectivity index (χ1v) is 6.95. The van der Waals surface area contributed by atoms with Crippen molar-refractivity contribution in [3.63, 3.8) is 0 Å². The van der Waals surface area contributed by atoms with Gasteiger partial charge in [0.15, 0.2) is 0 Å². The molecule has 1 aliphatic heterocycles. The lowest BCUT2D eigenvalue weighted by Crippen LogP contribution is -2.39. The van der Waals surface area contributed by atoms with Crippen molar-refractivity contribution in [1.29, 1.82) is 0 Å². The molecule has 0 fully saturated rings. The molecule has 5 nitrogen and oxygen atoms in total. The maximum Gasteiger partial charge on any atom is 0.338 e. The van der Waals surface area contributed by atoms with E-state index in [1.807, 2.05) is 61.7 Å². The summed E-state index contributed by atoms with van der Waals surface area (Å²) in [5.74, 6) is 0. The second kappa shape index (κ2) is 6.13. The van der Waals surface area contributed by atoms with Crippen molar-refractivity contribution in [2.45, 2.75) is 6.92 Å². The molecule has 2 N–H and O–H groups in total. The predicted octanol–water partition coefficient (Wildman–Crippen LogP) is 1.88. The monoisotopic (exact) mass is 292 g/mol. The highest BCUT2D eigenvalue weighted by Gasteiger charge is 2.05. The zero-order chi connectivity index (χ0) is 15.4. The molecule has 22 heavy (non-hydrogen) atoms. The fraction of sp³-hybridized carbons (Fsp3) is 0.0588. The minimum atomic E-state index is -0.314. The Morgan fingerprint density at radius 1 is 1.14 bits per heavy atom. The zero-order valence-electron chi connectivity index (χ0n) is 12.2. The number of carbonyl (C=O) groups is 1. The van der Waals surface area contributed by atoms with E-state index < -0.39 is 0 Å². The number of hydrogen-bond acceptors (Lipinski definition) is 3. The number of fused-ring (bicyclic) bond motifs is 1. The number of rotatable bonds is 2. The van der Waals surface area contributed by atoms with E-state index in [0.29, 0.717) is 0 Å². The van der Waals surface area contributed by atoms with E-state index in [4.69, 9.17) is 0 Å². The standard InChI is InChI=1S/C17H16N4O/c1-13-5-4-7-15(11-13)19-17(22)20-21-10-9-18-16-8-3-2-6-14(16)12-21/h2-12H,1H3,(H2,19,20,22). The average molecular weight is 292 g/mol. The van der Waals surface area contributed by atoms with Gasteiger partial charge in [0.05, 0.1) is 5.36 Å². The van der Waals surface area contributed by atoms with Gasteiger partial charge in [0.1, 0.15) is 0 Å². The number of aryl methyl sites for hydroxylation is 1. The van der Waals surface area contributed by atoms with E-state index in [0.717, 1.165) is 21.8 Å². The lowest BCUT2D eigenvalue weighted by atomic mass is 10.2. The number of carbonyl (C=O) groups excluding carboxylic acids is 1. The molecule has 0 aromatic heterocycles. The quantitative estimate of drug-likeness (QED) is 0.888. The molecule has 110 valence electrons. The van der Waals surface area contributed by atoms with Crippen molar-refractivity contribution in [2.24, 2.45) is 4.99 Å². The van der Waals surface area contributed by atoms with Gasteiger partial charge in [-0.1, -0.05) is 30.3 Å². The van der Waals surface area contributed by atoms with Crippen molar-refractivity contribution in [2.75, 3.05) is 5.32 Å². The third-order valence-corrected chi connectivity index (χ3v) is 3.16. The van der Waals surface area contributed by atoms with Crippen LogP contribution >= 0.6 is 0 Å². The minimum Gasteiger partial charge on any atom is -0.307 e. The lowest BCUT2D eigenvalue weighted by Gasteiger charge is -2.16. The Labute approximate surface area is 128 Å². The van der Waals surface area contributed by atoms with Gasteiger partial charge >= 0.3 is 6.03 Å². The van der Waals surface area contributed by atoms with Crippen LogP contribution in [-0.4, -0.2) is 11.0 Å². The molecule has 3 rings (SSSR count). The molecule has 2 amide bonds. The first kappa shape index (κ1) is 13.9. The molecule has 5 heteroatoms. The Morgan fingerprint density at radius 3 is 2.86 bits per heavy atom. The summed E-state index contributed by atoms with van der Waals surface area (Å²) in [5, 5.41) is 6.18. The highest BCUT2D eigenvalue weighted by molar-refractivity contribution is 5.89. The summed E-state index contributed by atoms with van der Waals surface area (Å²) >= 11 is 0. The van der Waals surface area contributed by atoms with Crippen LogP contribution in [-0.2, 0) is 0 Å². The lowest BCUT2D eigenvalue weighted by molar-refractivity contribution is 0.239. The summed E-state index contributed by atoms with van der Waals surface area (Å²) in [7, 11) is 0. The molecular formula is C17H16N4O. The molecule has 0 aliphatic carbocycles. The van der Waals surface area contributed by atoms with Gasteiger partial charge in [0, 0.05) is 29.5 Å². The Balaban J connectivity index is 1.73. The van der Waals surface area contributed by atoms with Crippen LogP contribution in [0.5, 0.6) is 0 Å². The molecule has 1 aliphatic rings. The number of anilines is 1. The smallest absolute Gasteiger partial charge is 0.307 e. The normalized spacial score (nSPS) is 12.5. The van der Waals surface area contributed by atoms with Crippen molar-refractivity contribution in [1.82, 2.24) is 10.4 Å². The average Bonchev–Trinajstić information content (AvgIpc) is 2.68. The van der Waals surface area contributed by atoms with Crippen molar-refractivity contribution < 1.29 is 4.79 Å². The Kier molecular flexibility index (Phi) is 3.87. The first-order chi connectivity index (χ1) is 10.7. The van der Waals surface area contributed by atoms with E-state index in [1.165, 1.54) is 0 Å². The third-order valence-electron chi connectivity index (χ3n) is 3.16. The molecule has 0 spiro atoms. The van der Waals surface area contributed by atoms with Crippen LogP contribution < -0.4 is 21.3 Å². The minimum absolute atomic E-state index is 0.314. The Hall–Kier alpha value is -3.08. The van der Waals surface area contributed by atoms with Crippen molar-refractivity contribution >= 4 is 17.9 Å². The van der Waals surface area contributed by atoms with Crippen LogP contribution in [0.25, 0.3) is 6.20 Å². The van der Waals surface area contributed by atoms with Gasteiger partial charge in [0.2, 0.25) is 0 Å². The summed E-state index contributed by atoms with van der Waals surface area (Å²) in [6.45, 7) is 1.98. The Bertz CT molecular complexity index is 842. The summed E-state index contributed by atoms with van der Waals surface area (Å²) in [6.07, 6.45) is 5.16. The summed E-state index contributed by atoms with van der Waals surface area (Å²) in [4.78, 5) is 16.4. The van der Waals surface area contributed by atoms with Crippen molar-refractivity contribution in [3.05, 3.63) is 77.1 Å². The molecule has 2 aromatic carbocycles. The number of nitrogens with zero attached hydrogens (tertiary/aromatic N) is 2. The number of nitrogens with one attached hydrogen (secondary N) is 2. The number of hydrogen-bond donors (Lipinski definition) is 2. The van der Waals surface area contributed by atoms with Crippen molar-refractivity contribution in [3.8, 4) is 0 Å². The maximum atomic E-state index is 12.1. The number of urea groups is 1. The molecule has 0 unspecified atom stereocenters. The maximum absolute atomic E-state index is 12.1. The van der Waals surface area contributed by atoms with Gasteiger partial charge in [-0.25, -0.2) is 10.2 Å². The van der Waals surface area contributed by atoms with E-state index in [-0.39, 0.29) is 6.03 Å². The van der Waals surface area contributed by atoms with Gasteiger partial charge in [-0.15, -0.1) is 0 Å². The van der Waals surface area contributed by atoms with Crippen LogP contribution in [0.2, 0.25) is 0 Å². The van der Waals surface area contributed by atoms with Crippen LogP contribution in [0.1, 0.15) is 5.56 Å². The van der Waals surface area contributed by atoms with E-state index in [2.05, 4.69) is 15.7 Å². The second-order valence-corrected chi connectivity index (χ2v) is 4.96. The van der Waals surface area contributed by atoms with Crippen LogP contribution in [0.4, 0.5) is 10.5 Å². The summed E-state index contributed by atoms with van der Waals surface area (Å²) in [6, 6.07) is 15.0. The fourth-order valence-corrected chi connectivity index (χ4v) is 2.16. The van der Waals surface area contributed by atoms with Gasteiger partial charge in [-0.2, -0.15) is 0 Å². The SMILES string of the molecule is Cc1cccc(NC(=O)NN2C=CN=c3ccccc3=C2)c1. The molecule has 0 bridgehead atoms. The molecule has 0 saturated carbocycles. The number of amides is 2. The molecule has 0 atom stereocenters. The molecule has 1 heterocycles. The number of para-hydroxylation sites is 1. The van der Waals surface area contributed by atoms with Crippen LogP contribution in [0.3, 0.4) is 0 Å². The molecular weight excluding hydrogens is 276 g/mol. The van der Waals surface area contributed by atoms with Gasteiger partial charge in [0.25, 0.3) is 0 Å². The van der Waals surface area contributed by atoms with Crippen LogP contribution in [0.15, 0.2) is 65.9 Å². The number of benzene rings is 2. The van der Waals surface area contributed by atoms with E-state index >= 15 is 0 Å². The summed E-state index contributed by atoms with van der Waals surface area (Å²) < 4.78 is 0. The Morgan fingerprint density at radius 2 is 2.00 bits per heavy atom. The highest BCUT2D eigenvalue weighted by Crippen LogP contribution is 2.09. The van der Waals surface area contributed by atoms with Gasteiger partial charge in [-0.3, -0.25) is 10.0 Å².